The first-order valence-corrected chi connectivity index (χ1v) is 6.74. The van der Waals surface area contributed by atoms with Crippen molar-refractivity contribution >= 4 is 0 Å². The van der Waals surface area contributed by atoms with E-state index < -0.39 is 0 Å². The van der Waals surface area contributed by atoms with Gasteiger partial charge in [0.05, 0.1) is 0 Å². The molecule has 0 nitrogen and oxygen atoms in total. The molecule has 0 amide bonds. The van der Waals surface area contributed by atoms with Crippen LogP contribution in [0.1, 0.15) is 0 Å². The Bertz CT molecular complexity index is 505. The Morgan fingerprint density at radius 2 is 0.682 bits per heavy atom. The third kappa shape index (κ3) is 8.20. The van der Waals surface area contributed by atoms with E-state index in [9.17, 15) is 0 Å². The van der Waals surface area contributed by atoms with Crippen molar-refractivity contribution in [2.45, 2.75) is 0 Å². The van der Waals surface area contributed by atoms with Crippen molar-refractivity contribution in [3.63, 3.8) is 0 Å². The molecule has 0 aliphatic heterocycles. The Hall–Kier alpha value is -1.33. The molecule has 0 radical (unpaired) electrons. The second kappa shape index (κ2) is 13.3. The molecule has 0 saturated carbocycles. The van der Waals surface area contributed by atoms with Gasteiger partial charge in [0.15, 0.2) is 0 Å². The molecule has 0 fully saturated rings. The van der Waals surface area contributed by atoms with Crippen LogP contribution in [0, 0.1) is 0 Å². The van der Waals surface area contributed by atoms with Crippen LogP contribution in [-0.4, -0.2) is 0 Å². The Morgan fingerprint density at radius 3 is 0.864 bits per heavy atom. The maximum Gasteiger partial charge on any atom is 2.00 e. The molecule has 0 atom stereocenters. The van der Waals surface area contributed by atoms with Crippen molar-refractivity contribution in [3.8, 4) is 11.1 Å². The van der Waals surface area contributed by atoms with Gasteiger partial charge in [-0.25, -0.2) is 24.3 Å². The van der Waals surface area contributed by atoms with Gasteiger partial charge in [-0.05, 0) is 0 Å². The molecular formula is C20H18Os2. The molecule has 4 aromatic rings. The van der Waals surface area contributed by atoms with Gasteiger partial charge in [0.2, 0.25) is 0 Å². The van der Waals surface area contributed by atoms with Crippen LogP contribution >= 0.6 is 0 Å². The number of hydrogen-bond donors (Lipinski definition) is 0. The fraction of sp³-hybridized carbons (Fsp3) is 0. The molecule has 0 aliphatic rings. The quantitative estimate of drug-likeness (QED) is 0.239. The fourth-order valence-electron chi connectivity index (χ4n) is 1.77. The largest absolute Gasteiger partial charge is 2.00 e. The van der Waals surface area contributed by atoms with Gasteiger partial charge in [-0.1, -0.05) is 0 Å². The first-order valence-electron chi connectivity index (χ1n) is 6.74. The van der Waals surface area contributed by atoms with Gasteiger partial charge in [0.1, 0.15) is 0 Å². The fourth-order valence-corrected chi connectivity index (χ4v) is 1.77. The van der Waals surface area contributed by atoms with E-state index in [0.717, 1.165) is 0 Å². The van der Waals surface area contributed by atoms with Gasteiger partial charge >= 0.3 is 39.6 Å². The molecule has 0 N–H and O–H groups in total. The average molecular weight is 639 g/mol. The molecule has 22 heavy (non-hydrogen) atoms. The van der Waals surface area contributed by atoms with Gasteiger partial charge < -0.3 is 0 Å². The predicted molar refractivity (Wildman–Crippen MR) is 87.1 cm³/mol. The van der Waals surface area contributed by atoms with Crippen molar-refractivity contribution in [2.75, 3.05) is 0 Å². The maximum absolute atomic E-state index is 2.12. The van der Waals surface area contributed by atoms with Crippen molar-refractivity contribution in [1.82, 2.24) is 0 Å². The standard InChI is InChI=1S/C10H8.2C5H5.2Os/c1-2-6-9(5-1)10-7-3-4-8-10;2*1-2-4-5-3-1;;/h1-8H;2*1-5H;;/q-2;2*-1;2*+2. The van der Waals surface area contributed by atoms with E-state index in [-0.39, 0.29) is 39.6 Å². The molecule has 4 rings (SSSR count). The Morgan fingerprint density at radius 1 is 0.409 bits per heavy atom. The van der Waals surface area contributed by atoms with Gasteiger partial charge in [0, 0.05) is 0 Å². The SMILES string of the molecule is [Os+2].[Os+2].c1cc[c-](-[c-]2cccc2)c1.c1cc[cH-]c1.c1cc[cH-]c1. The summed E-state index contributed by atoms with van der Waals surface area (Å²) in [6, 6.07) is 36.7. The van der Waals surface area contributed by atoms with E-state index in [4.69, 9.17) is 0 Å². The normalized spacial score (nSPS) is 8.18. The van der Waals surface area contributed by atoms with Crippen molar-refractivity contribution < 1.29 is 39.6 Å². The molecular weight excluding hydrogens is 621 g/mol. The van der Waals surface area contributed by atoms with E-state index >= 15 is 0 Å². The van der Waals surface area contributed by atoms with E-state index in [0.29, 0.717) is 0 Å². The third-order valence-electron chi connectivity index (χ3n) is 2.77. The molecule has 0 spiro atoms. The van der Waals surface area contributed by atoms with Crippen molar-refractivity contribution in [1.29, 1.82) is 0 Å². The number of hydrogen-bond acceptors (Lipinski definition) is 0. The molecule has 2 heteroatoms. The summed E-state index contributed by atoms with van der Waals surface area (Å²) in [6.07, 6.45) is 0. The number of rotatable bonds is 1. The van der Waals surface area contributed by atoms with E-state index in [1.807, 2.05) is 60.7 Å². The third-order valence-corrected chi connectivity index (χ3v) is 2.77. The Balaban J connectivity index is 0.000000316. The monoisotopic (exact) mass is 642 g/mol. The minimum atomic E-state index is 0. The molecule has 0 bridgehead atoms. The predicted octanol–water partition coefficient (Wildman–Crippen LogP) is 5.60. The molecule has 0 heterocycles. The van der Waals surface area contributed by atoms with Gasteiger partial charge in [-0.2, -0.15) is 96.1 Å². The molecule has 0 unspecified atom stereocenters. The van der Waals surface area contributed by atoms with Crippen LogP contribution in [0.4, 0.5) is 0 Å². The molecule has 4 aromatic carbocycles. The second-order valence-corrected chi connectivity index (χ2v) is 4.27. The van der Waals surface area contributed by atoms with E-state index in [1.54, 1.807) is 0 Å². The average Bonchev–Trinajstić information content (AvgIpc) is 3.35. The minimum Gasteiger partial charge on any atom is -0.214 e. The summed E-state index contributed by atoms with van der Waals surface area (Å²) < 4.78 is 0. The smallest absolute Gasteiger partial charge is 0.214 e. The van der Waals surface area contributed by atoms with E-state index in [1.165, 1.54) is 11.1 Å². The van der Waals surface area contributed by atoms with Crippen molar-refractivity contribution in [3.05, 3.63) is 109 Å². The van der Waals surface area contributed by atoms with Crippen LogP contribution < -0.4 is 0 Å². The van der Waals surface area contributed by atoms with Gasteiger partial charge in [0.25, 0.3) is 0 Å². The molecule has 0 saturated heterocycles. The van der Waals surface area contributed by atoms with Crippen molar-refractivity contribution in [2.24, 2.45) is 0 Å². The Labute approximate surface area is 159 Å². The summed E-state index contributed by atoms with van der Waals surface area (Å²) in [5.41, 5.74) is 2.62. The zero-order valence-corrected chi connectivity index (χ0v) is 17.2. The topological polar surface area (TPSA) is 0 Å². The minimum absolute atomic E-state index is 0. The maximum atomic E-state index is 2.12. The molecule has 0 aromatic heterocycles. The van der Waals surface area contributed by atoms with Crippen LogP contribution in [0.2, 0.25) is 0 Å². The van der Waals surface area contributed by atoms with Crippen LogP contribution in [0.3, 0.4) is 0 Å². The van der Waals surface area contributed by atoms with Gasteiger partial charge in [-0.15, -0.1) is 0 Å². The Kier molecular flexibility index (Phi) is 12.5. The summed E-state index contributed by atoms with van der Waals surface area (Å²) in [5, 5.41) is 0. The van der Waals surface area contributed by atoms with Crippen LogP contribution in [-0.2, 0) is 39.6 Å². The second-order valence-electron chi connectivity index (χ2n) is 4.27. The summed E-state index contributed by atoms with van der Waals surface area (Å²) in [4.78, 5) is 0. The zero-order chi connectivity index (χ0) is 13.9. The summed E-state index contributed by atoms with van der Waals surface area (Å²) in [5.74, 6) is 0. The van der Waals surface area contributed by atoms with Gasteiger partial charge in [-0.3, -0.25) is 0 Å². The van der Waals surface area contributed by atoms with Crippen LogP contribution in [0.5, 0.6) is 0 Å². The summed E-state index contributed by atoms with van der Waals surface area (Å²) in [7, 11) is 0. The van der Waals surface area contributed by atoms with Crippen LogP contribution in [0.15, 0.2) is 109 Å². The van der Waals surface area contributed by atoms with Crippen LogP contribution in [0.25, 0.3) is 11.1 Å². The van der Waals surface area contributed by atoms with E-state index in [2.05, 4.69) is 48.5 Å². The summed E-state index contributed by atoms with van der Waals surface area (Å²) in [6.45, 7) is 0. The first-order chi connectivity index (χ1) is 9.97. The molecule has 114 valence electrons. The zero-order valence-electron chi connectivity index (χ0n) is 12.1. The summed E-state index contributed by atoms with van der Waals surface area (Å²) >= 11 is 0. The first kappa shape index (κ1) is 20.7. The molecule has 0 aliphatic carbocycles.